The van der Waals surface area contributed by atoms with Gasteiger partial charge in [-0.15, -0.1) is 0 Å². The van der Waals surface area contributed by atoms with Crippen LogP contribution in [-0.4, -0.2) is 48.9 Å². The summed E-state index contributed by atoms with van der Waals surface area (Å²) in [6.45, 7) is 1.11. The van der Waals surface area contributed by atoms with Gasteiger partial charge in [0.15, 0.2) is 0 Å². The number of hydroxylamine groups is 1. The summed E-state index contributed by atoms with van der Waals surface area (Å²) in [6, 6.07) is 14.3. The number of nitro benzene ring substituents is 1. The Balaban J connectivity index is 2.14. The number of nitro groups is 1. The Bertz CT molecular complexity index is 1290. The lowest BCUT2D eigenvalue weighted by molar-refractivity contribution is -0.384. The Labute approximate surface area is 191 Å². The van der Waals surface area contributed by atoms with Crippen molar-refractivity contribution in [2.24, 2.45) is 0 Å². The van der Waals surface area contributed by atoms with E-state index in [0.717, 1.165) is 15.4 Å². The molecule has 3 aromatic rings. The second-order valence-corrected chi connectivity index (χ2v) is 9.51. The molecule has 174 valence electrons. The number of nitrogens with zero attached hydrogens (tertiary/aromatic N) is 3. The lowest BCUT2D eigenvalue weighted by Crippen LogP contribution is -2.46. The van der Waals surface area contributed by atoms with Crippen LogP contribution >= 0.6 is 0 Å². The van der Waals surface area contributed by atoms with E-state index in [0.29, 0.717) is 10.9 Å². The first-order valence-electron chi connectivity index (χ1n) is 9.96. The summed E-state index contributed by atoms with van der Waals surface area (Å²) < 4.78 is 28.6. The van der Waals surface area contributed by atoms with Gasteiger partial charge in [0.1, 0.15) is 6.04 Å². The molecule has 1 amide bonds. The molecule has 3 aromatic carbocycles. The van der Waals surface area contributed by atoms with Crippen LogP contribution in [0.1, 0.15) is 12.5 Å². The molecule has 0 aromatic heterocycles. The van der Waals surface area contributed by atoms with Crippen LogP contribution in [0.2, 0.25) is 0 Å². The molecule has 1 atom stereocenters. The number of non-ortho nitro benzene ring substituents is 1. The van der Waals surface area contributed by atoms with Gasteiger partial charge < -0.3 is 4.90 Å². The Morgan fingerprint density at radius 1 is 1.06 bits per heavy atom. The second kappa shape index (κ2) is 9.53. The number of fused-ring (bicyclic) bond motifs is 1. The van der Waals surface area contributed by atoms with Crippen LogP contribution < -0.4 is 10.4 Å². The van der Waals surface area contributed by atoms with Crippen LogP contribution in [0.3, 0.4) is 0 Å². The first-order valence-corrected chi connectivity index (χ1v) is 11.4. The number of sulfonamides is 1. The topological polar surface area (TPSA) is 133 Å². The second-order valence-electron chi connectivity index (χ2n) is 7.65. The third-order valence-electron chi connectivity index (χ3n) is 5.33. The SMILES string of the molecule is C[C@@H](C(=O)NO)N(Cc1ccc([N+](=O)[O-])cc1)S(=O)(=O)c1cccc2c(N(C)C)cccc12. The number of nitrogens with one attached hydrogen (secondary N) is 1. The van der Waals surface area contributed by atoms with Crippen molar-refractivity contribution in [1.29, 1.82) is 0 Å². The smallest absolute Gasteiger partial charge is 0.269 e. The number of amides is 1. The zero-order valence-electron chi connectivity index (χ0n) is 18.3. The third kappa shape index (κ3) is 4.80. The van der Waals surface area contributed by atoms with Crippen molar-refractivity contribution in [3.8, 4) is 0 Å². The molecule has 0 aliphatic heterocycles. The lowest BCUT2D eigenvalue weighted by Gasteiger charge is -2.28. The number of benzene rings is 3. The third-order valence-corrected chi connectivity index (χ3v) is 7.31. The molecule has 0 radical (unpaired) electrons. The molecule has 0 unspecified atom stereocenters. The number of hydrogen-bond donors (Lipinski definition) is 2. The number of hydrogen-bond acceptors (Lipinski definition) is 7. The van der Waals surface area contributed by atoms with Gasteiger partial charge in [0, 0.05) is 49.2 Å². The molecule has 11 heteroatoms. The molecule has 0 heterocycles. The van der Waals surface area contributed by atoms with E-state index < -0.39 is 26.9 Å². The maximum absolute atomic E-state index is 13.8. The zero-order chi connectivity index (χ0) is 24.3. The van der Waals surface area contributed by atoms with Crippen molar-refractivity contribution in [1.82, 2.24) is 9.79 Å². The molecule has 0 spiro atoms. The van der Waals surface area contributed by atoms with Crippen molar-refractivity contribution in [3.05, 3.63) is 76.3 Å². The minimum atomic E-state index is -4.24. The highest BCUT2D eigenvalue weighted by atomic mass is 32.2. The Morgan fingerprint density at radius 3 is 2.24 bits per heavy atom. The van der Waals surface area contributed by atoms with Crippen LogP contribution in [0.4, 0.5) is 11.4 Å². The minimum Gasteiger partial charge on any atom is -0.377 e. The summed E-state index contributed by atoms with van der Waals surface area (Å²) in [6.07, 6.45) is 0. The highest BCUT2D eigenvalue weighted by molar-refractivity contribution is 7.89. The highest BCUT2D eigenvalue weighted by Crippen LogP contribution is 2.33. The Hall–Kier alpha value is -3.54. The maximum Gasteiger partial charge on any atom is 0.269 e. The maximum atomic E-state index is 13.8. The molecule has 2 N–H and O–H groups in total. The van der Waals surface area contributed by atoms with E-state index in [9.17, 15) is 23.3 Å². The number of rotatable bonds is 8. The number of carbonyl (C=O) groups is 1. The van der Waals surface area contributed by atoms with E-state index in [1.54, 1.807) is 18.2 Å². The van der Waals surface area contributed by atoms with E-state index in [2.05, 4.69) is 0 Å². The van der Waals surface area contributed by atoms with E-state index in [1.807, 2.05) is 31.1 Å². The highest BCUT2D eigenvalue weighted by Gasteiger charge is 2.34. The van der Waals surface area contributed by atoms with Gasteiger partial charge in [-0.2, -0.15) is 4.31 Å². The Morgan fingerprint density at radius 2 is 1.67 bits per heavy atom. The van der Waals surface area contributed by atoms with Gasteiger partial charge in [-0.3, -0.25) is 20.1 Å². The number of carbonyl (C=O) groups excluding carboxylic acids is 1. The van der Waals surface area contributed by atoms with Crippen molar-refractivity contribution in [3.63, 3.8) is 0 Å². The number of anilines is 1. The molecule has 33 heavy (non-hydrogen) atoms. The van der Waals surface area contributed by atoms with Crippen molar-refractivity contribution >= 4 is 38.1 Å². The molecule has 0 aliphatic carbocycles. The molecule has 0 fully saturated rings. The summed E-state index contributed by atoms with van der Waals surface area (Å²) in [5, 5.41) is 21.3. The van der Waals surface area contributed by atoms with Gasteiger partial charge in [-0.1, -0.05) is 36.4 Å². The van der Waals surface area contributed by atoms with E-state index in [-0.39, 0.29) is 17.1 Å². The van der Waals surface area contributed by atoms with Crippen LogP contribution in [-0.2, 0) is 21.4 Å². The van der Waals surface area contributed by atoms with Gasteiger partial charge in [-0.25, -0.2) is 13.9 Å². The average molecular weight is 473 g/mol. The monoisotopic (exact) mass is 472 g/mol. The van der Waals surface area contributed by atoms with Crippen molar-refractivity contribution in [2.75, 3.05) is 19.0 Å². The van der Waals surface area contributed by atoms with Gasteiger partial charge in [0.2, 0.25) is 10.0 Å². The van der Waals surface area contributed by atoms with Gasteiger partial charge in [0.05, 0.1) is 9.82 Å². The van der Waals surface area contributed by atoms with Crippen molar-refractivity contribution < 1.29 is 23.3 Å². The lowest BCUT2D eigenvalue weighted by atomic mass is 10.1. The Kier molecular flexibility index (Phi) is 6.96. The summed E-state index contributed by atoms with van der Waals surface area (Å²) in [5.74, 6) is -0.908. The predicted octanol–water partition coefficient (Wildman–Crippen LogP) is 2.90. The molecule has 0 saturated heterocycles. The first kappa shape index (κ1) is 24.1. The van der Waals surface area contributed by atoms with E-state index >= 15 is 0 Å². The van der Waals surface area contributed by atoms with Crippen LogP contribution in [0.25, 0.3) is 10.8 Å². The summed E-state index contributed by atoms with van der Waals surface area (Å²) in [4.78, 5) is 24.5. The predicted molar refractivity (Wildman–Crippen MR) is 123 cm³/mol. The molecule has 0 aliphatic rings. The zero-order valence-corrected chi connectivity index (χ0v) is 19.1. The average Bonchev–Trinajstić information content (AvgIpc) is 2.80. The normalized spacial score (nSPS) is 12.5. The first-order chi connectivity index (χ1) is 15.6. The van der Waals surface area contributed by atoms with Crippen LogP contribution in [0, 0.1) is 10.1 Å². The fourth-order valence-electron chi connectivity index (χ4n) is 3.56. The largest absolute Gasteiger partial charge is 0.377 e. The van der Waals surface area contributed by atoms with Crippen molar-refractivity contribution in [2.45, 2.75) is 24.4 Å². The van der Waals surface area contributed by atoms with E-state index in [4.69, 9.17) is 5.21 Å². The quantitative estimate of drug-likeness (QED) is 0.293. The fourth-order valence-corrected chi connectivity index (χ4v) is 5.35. The van der Waals surface area contributed by atoms with Crippen LogP contribution in [0.5, 0.6) is 0 Å². The van der Waals surface area contributed by atoms with Gasteiger partial charge >= 0.3 is 0 Å². The van der Waals surface area contributed by atoms with E-state index in [1.165, 1.54) is 42.7 Å². The van der Waals surface area contributed by atoms with Crippen LogP contribution in [0.15, 0.2) is 65.6 Å². The molecule has 0 saturated carbocycles. The van der Waals surface area contributed by atoms with Gasteiger partial charge in [-0.05, 0) is 24.6 Å². The summed E-state index contributed by atoms with van der Waals surface area (Å²) >= 11 is 0. The molecular weight excluding hydrogens is 448 g/mol. The molecule has 3 rings (SSSR count). The molecule has 0 bridgehead atoms. The van der Waals surface area contributed by atoms with Gasteiger partial charge in [0.25, 0.3) is 11.6 Å². The summed E-state index contributed by atoms with van der Waals surface area (Å²) in [5.41, 5.74) is 2.63. The molecule has 10 nitrogen and oxygen atoms in total. The molecular formula is C22H24N4O6S. The fraction of sp³-hybridized carbons (Fsp3) is 0.227. The summed E-state index contributed by atoms with van der Waals surface area (Å²) in [7, 11) is -0.537. The standard InChI is InChI=1S/C22H24N4O6S/c1-15(22(27)23-28)25(14-16-10-12-17(13-11-16)26(29)30)33(31,32)21-9-5-6-18-19(21)7-4-8-20(18)24(2)3/h4-13,15,28H,14H2,1-3H3,(H,23,27)/t15-/m0/s1. The minimum absolute atomic E-state index is 0.00296.